The van der Waals surface area contributed by atoms with Gasteiger partial charge in [-0.25, -0.2) is 0 Å². The molecule has 0 aromatic heterocycles. The quantitative estimate of drug-likeness (QED) is 0.556. The predicted octanol–water partition coefficient (Wildman–Crippen LogP) is 3.07. The van der Waals surface area contributed by atoms with Crippen LogP contribution in [0.15, 0.2) is 0 Å². The predicted molar refractivity (Wildman–Crippen MR) is 69.6 cm³/mol. The minimum atomic E-state index is 0.835. The van der Waals surface area contributed by atoms with E-state index in [-0.39, 0.29) is 0 Å². The Morgan fingerprint density at radius 3 is 2.69 bits per heavy atom. The fourth-order valence-electron chi connectivity index (χ4n) is 2.76. The minimum Gasteiger partial charge on any atom is -0.383 e. The van der Waals surface area contributed by atoms with Gasteiger partial charge in [-0.2, -0.15) is 0 Å². The number of rotatable bonds is 6. The molecule has 1 aliphatic carbocycles. The van der Waals surface area contributed by atoms with Crippen molar-refractivity contribution in [2.24, 2.45) is 17.8 Å². The second kappa shape index (κ2) is 8.08. The van der Waals surface area contributed by atoms with Gasteiger partial charge in [0.15, 0.2) is 0 Å². The van der Waals surface area contributed by atoms with Gasteiger partial charge in [-0.3, -0.25) is 0 Å². The lowest BCUT2D eigenvalue weighted by molar-refractivity contribution is 0.197. The first-order valence-electron chi connectivity index (χ1n) is 6.93. The zero-order valence-corrected chi connectivity index (χ0v) is 11.3. The van der Waals surface area contributed by atoms with Crippen LogP contribution in [0.4, 0.5) is 0 Å². The summed E-state index contributed by atoms with van der Waals surface area (Å²) in [5.41, 5.74) is 0. The molecule has 0 spiro atoms. The molecule has 2 atom stereocenters. The van der Waals surface area contributed by atoms with E-state index in [0.29, 0.717) is 0 Å². The number of hydrogen-bond donors (Lipinski definition) is 1. The highest BCUT2D eigenvalue weighted by Gasteiger charge is 2.20. The lowest BCUT2D eigenvalue weighted by Gasteiger charge is -2.18. The Kier molecular flexibility index (Phi) is 7.06. The van der Waals surface area contributed by atoms with Gasteiger partial charge in [0, 0.05) is 13.7 Å². The van der Waals surface area contributed by atoms with Crippen LogP contribution in [0.1, 0.15) is 46.0 Å². The maximum atomic E-state index is 5.04. The number of ether oxygens (including phenoxy) is 1. The molecule has 1 N–H and O–H groups in total. The first-order valence-corrected chi connectivity index (χ1v) is 6.93. The molecule has 2 nitrogen and oxygen atoms in total. The van der Waals surface area contributed by atoms with Crippen molar-refractivity contribution in [3.05, 3.63) is 0 Å². The van der Waals surface area contributed by atoms with Crippen LogP contribution in [0.3, 0.4) is 0 Å². The van der Waals surface area contributed by atoms with Gasteiger partial charge in [0.1, 0.15) is 0 Å². The highest BCUT2D eigenvalue weighted by atomic mass is 16.5. The molecule has 1 aliphatic rings. The van der Waals surface area contributed by atoms with Gasteiger partial charge in [-0.15, -0.1) is 0 Å². The molecule has 1 rings (SSSR count). The molecule has 96 valence electrons. The van der Waals surface area contributed by atoms with E-state index in [2.05, 4.69) is 19.2 Å². The van der Waals surface area contributed by atoms with Crippen LogP contribution in [-0.2, 0) is 4.74 Å². The average Bonchev–Trinajstić information content (AvgIpc) is 2.50. The van der Waals surface area contributed by atoms with Crippen molar-refractivity contribution in [3.8, 4) is 0 Å². The first kappa shape index (κ1) is 14.0. The summed E-state index contributed by atoms with van der Waals surface area (Å²) in [4.78, 5) is 0. The molecule has 0 aromatic rings. The van der Waals surface area contributed by atoms with Crippen molar-refractivity contribution in [2.75, 3.05) is 26.8 Å². The number of methoxy groups -OCH3 is 1. The summed E-state index contributed by atoms with van der Waals surface area (Å²) in [5.74, 6) is 2.75. The van der Waals surface area contributed by atoms with Crippen molar-refractivity contribution in [1.82, 2.24) is 5.32 Å². The molecule has 0 heterocycles. The maximum Gasteiger partial charge on any atom is 0.0587 e. The third-order valence-electron chi connectivity index (χ3n) is 3.99. The van der Waals surface area contributed by atoms with E-state index in [9.17, 15) is 0 Å². The van der Waals surface area contributed by atoms with E-state index in [1.54, 1.807) is 7.11 Å². The van der Waals surface area contributed by atoms with Gasteiger partial charge in [-0.05, 0) is 43.6 Å². The molecule has 2 heteroatoms. The largest absolute Gasteiger partial charge is 0.383 e. The highest BCUT2D eigenvalue weighted by Crippen LogP contribution is 2.31. The Hall–Kier alpha value is -0.0800. The van der Waals surface area contributed by atoms with Crippen molar-refractivity contribution in [3.63, 3.8) is 0 Å². The fourth-order valence-corrected chi connectivity index (χ4v) is 2.76. The van der Waals surface area contributed by atoms with Gasteiger partial charge in [-0.1, -0.05) is 26.7 Å². The molecule has 2 unspecified atom stereocenters. The van der Waals surface area contributed by atoms with Gasteiger partial charge in [0.25, 0.3) is 0 Å². The third-order valence-corrected chi connectivity index (χ3v) is 3.99. The second-order valence-electron chi connectivity index (χ2n) is 5.58. The maximum absolute atomic E-state index is 5.04. The molecule has 0 bridgehead atoms. The molecule has 1 fully saturated rings. The van der Waals surface area contributed by atoms with Crippen molar-refractivity contribution < 1.29 is 4.74 Å². The second-order valence-corrected chi connectivity index (χ2v) is 5.58. The van der Waals surface area contributed by atoms with Gasteiger partial charge < -0.3 is 10.1 Å². The highest BCUT2D eigenvalue weighted by molar-refractivity contribution is 4.73. The summed E-state index contributed by atoms with van der Waals surface area (Å²) in [6.45, 7) is 7.78. The van der Waals surface area contributed by atoms with Crippen LogP contribution < -0.4 is 5.32 Å². The minimum absolute atomic E-state index is 0.835. The lowest BCUT2D eigenvalue weighted by Crippen LogP contribution is -2.26. The van der Waals surface area contributed by atoms with Gasteiger partial charge in [0.05, 0.1) is 6.61 Å². The smallest absolute Gasteiger partial charge is 0.0587 e. The molecular weight excluding hydrogens is 198 g/mol. The van der Waals surface area contributed by atoms with Crippen LogP contribution in [0.25, 0.3) is 0 Å². The fraction of sp³-hybridized carbons (Fsp3) is 1.00. The third kappa shape index (κ3) is 5.31. The Labute approximate surface area is 101 Å². The van der Waals surface area contributed by atoms with Crippen molar-refractivity contribution >= 4 is 0 Å². The monoisotopic (exact) mass is 227 g/mol. The standard InChI is InChI=1S/C14H29NO/c1-12(2)14-6-4-5-13(7-8-14)11-15-9-10-16-3/h12-15H,4-11H2,1-3H3. The summed E-state index contributed by atoms with van der Waals surface area (Å²) in [6, 6.07) is 0. The Morgan fingerprint density at radius 1 is 1.19 bits per heavy atom. The van der Waals surface area contributed by atoms with Crippen LogP contribution in [-0.4, -0.2) is 26.8 Å². The normalized spacial score (nSPS) is 27.0. The van der Waals surface area contributed by atoms with Crippen LogP contribution in [0.5, 0.6) is 0 Å². The Morgan fingerprint density at radius 2 is 2.00 bits per heavy atom. The Balaban J connectivity index is 2.15. The molecule has 1 saturated carbocycles. The zero-order valence-electron chi connectivity index (χ0n) is 11.3. The molecule has 0 amide bonds. The summed E-state index contributed by atoms with van der Waals surface area (Å²) in [5, 5.41) is 3.50. The van der Waals surface area contributed by atoms with Gasteiger partial charge >= 0.3 is 0 Å². The molecule has 0 aliphatic heterocycles. The number of hydrogen-bond acceptors (Lipinski definition) is 2. The lowest BCUT2D eigenvalue weighted by atomic mass is 9.88. The van der Waals surface area contributed by atoms with Crippen molar-refractivity contribution in [1.29, 1.82) is 0 Å². The van der Waals surface area contributed by atoms with Crippen LogP contribution in [0, 0.1) is 17.8 Å². The molecule has 0 radical (unpaired) electrons. The summed E-state index contributed by atoms with van der Waals surface area (Å²) in [7, 11) is 1.76. The summed E-state index contributed by atoms with van der Waals surface area (Å²) < 4.78 is 5.04. The average molecular weight is 227 g/mol. The van der Waals surface area contributed by atoms with E-state index in [1.165, 1.54) is 38.6 Å². The van der Waals surface area contributed by atoms with Gasteiger partial charge in [0.2, 0.25) is 0 Å². The van der Waals surface area contributed by atoms with Crippen LogP contribution in [0.2, 0.25) is 0 Å². The SMILES string of the molecule is COCCNCC1CCCC(C(C)C)CC1. The van der Waals surface area contributed by atoms with Crippen molar-refractivity contribution in [2.45, 2.75) is 46.0 Å². The zero-order chi connectivity index (χ0) is 11.8. The topological polar surface area (TPSA) is 21.3 Å². The van der Waals surface area contributed by atoms with E-state index < -0.39 is 0 Å². The van der Waals surface area contributed by atoms with E-state index in [0.717, 1.165) is 30.9 Å². The molecular formula is C14H29NO. The number of nitrogens with one attached hydrogen (secondary N) is 1. The summed E-state index contributed by atoms with van der Waals surface area (Å²) in [6.07, 6.45) is 7.16. The molecule has 16 heavy (non-hydrogen) atoms. The van der Waals surface area contributed by atoms with Crippen LogP contribution >= 0.6 is 0 Å². The van der Waals surface area contributed by atoms with E-state index in [1.807, 2.05) is 0 Å². The molecule has 0 aromatic carbocycles. The summed E-state index contributed by atoms with van der Waals surface area (Å²) >= 11 is 0. The van der Waals surface area contributed by atoms with E-state index >= 15 is 0 Å². The Bertz CT molecular complexity index is 170. The van der Waals surface area contributed by atoms with E-state index in [4.69, 9.17) is 4.74 Å². The molecule has 0 saturated heterocycles. The first-order chi connectivity index (χ1) is 7.74.